The van der Waals surface area contributed by atoms with E-state index in [9.17, 15) is 4.79 Å². The zero-order valence-electron chi connectivity index (χ0n) is 10.5. The number of hydrogen-bond donors (Lipinski definition) is 1. The van der Waals surface area contributed by atoms with Crippen LogP contribution in [0.4, 0.5) is 0 Å². The van der Waals surface area contributed by atoms with E-state index in [2.05, 4.69) is 10.3 Å². The number of carbonyl (C=O) groups is 1. The van der Waals surface area contributed by atoms with E-state index in [4.69, 9.17) is 5.11 Å². The first-order chi connectivity index (χ1) is 8.81. The Morgan fingerprint density at radius 2 is 2.39 bits per heavy atom. The molecule has 0 spiro atoms. The summed E-state index contributed by atoms with van der Waals surface area (Å²) in [5.41, 5.74) is 0. The Morgan fingerprint density at radius 1 is 1.50 bits per heavy atom. The summed E-state index contributed by atoms with van der Waals surface area (Å²) < 4.78 is 1.68. The van der Waals surface area contributed by atoms with Gasteiger partial charge < -0.3 is 10.0 Å². The fraction of sp³-hybridized carbons (Fsp3) is 0.750. The molecule has 1 aromatic heterocycles. The first-order valence-corrected chi connectivity index (χ1v) is 6.55. The van der Waals surface area contributed by atoms with Gasteiger partial charge in [0.2, 0.25) is 5.91 Å². The highest BCUT2D eigenvalue weighted by molar-refractivity contribution is 5.76. The SMILES string of the molecule is O=C(CCn1ccnn1)N1CCCC1CCCO. The number of aromatic nitrogens is 3. The summed E-state index contributed by atoms with van der Waals surface area (Å²) in [6, 6.07) is 0.320. The summed E-state index contributed by atoms with van der Waals surface area (Å²) in [7, 11) is 0. The van der Waals surface area contributed by atoms with Crippen LogP contribution in [0.1, 0.15) is 32.1 Å². The molecule has 2 heterocycles. The molecule has 1 N–H and O–H groups in total. The summed E-state index contributed by atoms with van der Waals surface area (Å²) in [5.74, 6) is 0.186. The molecule has 1 atom stereocenters. The molecule has 1 aliphatic rings. The van der Waals surface area contributed by atoms with Crippen LogP contribution in [0.25, 0.3) is 0 Å². The monoisotopic (exact) mass is 252 g/mol. The number of aryl methyl sites for hydroxylation is 1. The van der Waals surface area contributed by atoms with Crippen LogP contribution in [0.5, 0.6) is 0 Å². The van der Waals surface area contributed by atoms with Gasteiger partial charge in [-0.05, 0) is 25.7 Å². The minimum Gasteiger partial charge on any atom is -0.396 e. The van der Waals surface area contributed by atoms with Crippen molar-refractivity contribution in [2.24, 2.45) is 0 Å². The topological polar surface area (TPSA) is 71.2 Å². The van der Waals surface area contributed by atoms with E-state index in [0.29, 0.717) is 19.0 Å². The maximum absolute atomic E-state index is 12.1. The third kappa shape index (κ3) is 3.29. The molecular formula is C12H20N4O2. The van der Waals surface area contributed by atoms with Crippen molar-refractivity contribution in [1.29, 1.82) is 0 Å². The molecule has 1 fully saturated rings. The number of likely N-dealkylation sites (tertiary alicyclic amines) is 1. The minimum atomic E-state index is 0.186. The molecule has 2 rings (SSSR count). The van der Waals surface area contributed by atoms with Crippen molar-refractivity contribution in [3.05, 3.63) is 12.4 Å². The van der Waals surface area contributed by atoms with Crippen molar-refractivity contribution in [3.63, 3.8) is 0 Å². The summed E-state index contributed by atoms with van der Waals surface area (Å²) in [5, 5.41) is 16.4. The van der Waals surface area contributed by atoms with Gasteiger partial charge in [-0.15, -0.1) is 5.10 Å². The van der Waals surface area contributed by atoms with E-state index in [1.165, 1.54) is 0 Å². The van der Waals surface area contributed by atoms with Gasteiger partial charge in [0.15, 0.2) is 0 Å². The number of aliphatic hydroxyl groups is 1. The molecule has 0 saturated carbocycles. The van der Waals surface area contributed by atoms with Crippen LogP contribution in [0, 0.1) is 0 Å². The molecule has 1 saturated heterocycles. The molecule has 100 valence electrons. The van der Waals surface area contributed by atoms with E-state index in [-0.39, 0.29) is 12.5 Å². The normalized spacial score (nSPS) is 19.4. The predicted octanol–water partition coefficient (Wildman–Crippen LogP) is 0.432. The molecule has 1 amide bonds. The molecule has 6 heteroatoms. The second kappa shape index (κ2) is 6.49. The average molecular weight is 252 g/mol. The van der Waals surface area contributed by atoms with Gasteiger partial charge >= 0.3 is 0 Å². The second-order valence-corrected chi connectivity index (χ2v) is 4.67. The molecule has 0 aromatic carbocycles. The Morgan fingerprint density at radius 3 is 3.11 bits per heavy atom. The fourth-order valence-corrected chi connectivity index (χ4v) is 2.50. The quantitative estimate of drug-likeness (QED) is 0.797. The molecule has 1 aliphatic heterocycles. The molecule has 1 aromatic rings. The van der Waals surface area contributed by atoms with E-state index in [0.717, 1.165) is 32.2 Å². The Balaban J connectivity index is 1.80. The standard InChI is InChI=1S/C12H20N4O2/c17-10-2-4-11-3-1-7-16(11)12(18)5-8-15-9-6-13-14-15/h6,9,11,17H,1-5,7-8,10H2. The molecule has 1 unspecified atom stereocenters. The molecular weight excluding hydrogens is 232 g/mol. The van der Waals surface area contributed by atoms with E-state index < -0.39 is 0 Å². The molecule has 18 heavy (non-hydrogen) atoms. The Bertz CT molecular complexity index is 366. The number of carbonyl (C=O) groups excluding carboxylic acids is 1. The van der Waals surface area contributed by atoms with Crippen LogP contribution >= 0.6 is 0 Å². The van der Waals surface area contributed by atoms with E-state index in [1.807, 2.05) is 4.90 Å². The highest BCUT2D eigenvalue weighted by atomic mass is 16.3. The number of rotatable bonds is 6. The van der Waals surface area contributed by atoms with E-state index in [1.54, 1.807) is 17.1 Å². The lowest BCUT2D eigenvalue weighted by atomic mass is 10.1. The number of hydrogen-bond acceptors (Lipinski definition) is 4. The summed E-state index contributed by atoms with van der Waals surface area (Å²) in [4.78, 5) is 14.1. The highest BCUT2D eigenvalue weighted by Crippen LogP contribution is 2.22. The summed E-state index contributed by atoms with van der Waals surface area (Å²) in [6.45, 7) is 1.64. The lowest BCUT2D eigenvalue weighted by Gasteiger charge is -2.24. The van der Waals surface area contributed by atoms with Gasteiger partial charge in [-0.3, -0.25) is 9.48 Å². The number of aliphatic hydroxyl groups excluding tert-OH is 1. The Hall–Kier alpha value is -1.43. The maximum Gasteiger partial charge on any atom is 0.224 e. The second-order valence-electron chi connectivity index (χ2n) is 4.67. The average Bonchev–Trinajstić information content (AvgIpc) is 3.04. The predicted molar refractivity (Wildman–Crippen MR) is 65.7 cm³/mol. The lowest BCUT2D eigenvalue weighted by molar-refractivity contribution is -0.132. The van der Waals surface area contributed by atoms with Crippen LogP contribution in [-0.2, 0) is 11.3 Å². The van der Waals surface area contributed by atoms with Crippen LogP contribution in [0.3, 0.4) is 0 Å². The lowest BCUT2D eigenvalue weighted by Crippen LogP contribution is -2.36. The molecule has 0 aliphatic carbocycles. The first kappa shape index (κ1) is 13.0. The van der Waals surface area contributed by atoms with Gasteiger partial charge in [0, 0.05) is 31.8 Å². The fourth-order valence-electron chi connectivity index (χ4n) is 2.50. The van der Waals surface area contributed by atoms with Crippen molar-refractivity contribution in [3.8, 4) is 0 Å². The van der Waals surface area contributed by atoms with Gasteiger partial charge in [-0.1, -0.05) is 5.21 Å². The van der Waals surface area contributed by atoms with Crippen molar-refractivity contribution in [2.75, 3.05) is 13.2 Å². The maximum atomic E-state index is 12.1. The van der Waals surface area contributed by atoms with Crippen molar-refractivity contribution >= 4 is 5.91 Å². The van der Waals surface area contributed by atoms with Gasteiger partial charge in [-0.25, -0.2) is 0 Å². The van der Waals surface area contributed by atoms with Crippen molar-refractivity contribution in [2.45, 2.75) is 44.7 Å². The van der Waals surface area contributed by atoms with Crippen LogP contribution in [0.15, 0.2) is 12.4 Å². The minimum absolute atomic E-state index is 0.186. The molecule has 6 nitrogen and oxygen atoms in total. The van der Waals surface area contributed by atoms with Crippen molar-refractivity contribution < 1.29 is 9.90 Å². The highest BCUT2D eigenvalue weighted by Gasteiger charge is 2.27. The van der Waals surface area contributed by atoms with Gasteiger partial charge in [0.05, 0.1) is 12.7 Å². The Labute approximate surface area is 107 Å². The van der Waals surface area contributed by atoms with Gasteiger partial charge in [-0.2, -0.15) is 0 Å². The zero-order chi connectivity index (χ0) is 12.8. The van der Waals surface area contributed by atoms with Crippen LogP contribution < -0.4 is 0 Å². The number of nitrogens with zero attached hydrogens (tertiary/aromatic N) is 4. The largest absolute Gasteiger partial charge is 0.396 e. The van der Waals surface area contributed by atoms with Crippen molar-refractivity contribution in [1.82, 2.24) is 19.9 Å². The third-order valence-corrected chi connectivity index (χ3v) is 3.42. The zero-order valence-corrected chi connectivity index (χ0v) is 10.5. The van der Waals surface area contributed by atoms with Crippen LogP contribution in [0.2, 0.25) is 0 Å². The molecule has 0 radical (unpaired) electrons. The first-order valence-electron chi connectivity index (χ1n) is 6.55. The Kier molecular flexibility index (Phi) is 4.69. The molecule has 0 bridgehead atoms. The summed E-state index contributed by atoms with van der Waals surface area (Å²) in [6.07, 6.45) is 7.67. The van der Waals surface area contributed by atoms with E-state index >= 15 is 0 Å². The van der Waals surface area contributed by atoms with Gasteiger partial charge in [0.1, 0.15) is 0 Å². The summed E-state index contributed by atoms with van der Waals surface area (Å²) >= 11 is 0. The smallest absolute Gasteiger partial charge is 0.224 e. The van der Waals surface area contributed by atoms with Gasteiger partial charge in [0.25, 0.3) is 0 Å². The number of amides is 1. The van der Waals surface area contributed by atoms with Crippen LogP contribution in [-0.4, -0.2) is 50.1 Å². The third-order valence-electron chi connectivity index (χ3n) is 3.42.